The van der Waals surface area contributed by atoms with Crippen LogP contribution in [0.3, 0.4) is 0 Å². The molecule has 4 rings (SSSR count). The van der Waals surface area contributed by atoms with Gasteiger partial charge in [0.15, 0.2) is 5.65 Å². The Hall–Kier alpha value is -3.94. The Labute approximate surface area is 173 Å². The predicted molar refractivity (Wildman–Crippen MR) is 115 cm³/mol. The van der Waals surface area contributed by atoms with E-state index in [1.165, 1.54) is 0 Å². The van der Waals surface area contributed by atoms with E-state index in [-0.39, 0.29) is 5.56 Å². The summed E-state index contributed by atoms with van der Waals surface area (Å²) in [5, 5.41) is 3.15. The number of benzene rings is 2. The van der Waals surface area contributed by atoms with E-state index in [1.54, 1.807) is 31.9 Å². The molecule has 152 valence electrons. The number of aromatic nitrogens is 4. The quantitative estimate of drug-likeness (QED) is 0.528. The number of hydrogen-bond acceptors (Lipinski definition) is 7. The van der Waals surface area contributed by atoms with E-state index in [4.69, 9.17) is 9.47 Å². The van der Waals surface area contributed by atoms with Gasteiger partial charge in [-0.2, -0.15) is 4.98 Å². The second-order valence-corrected chi connectivity index (χ2v) is 6.70. The van der Waals surface area contributed by atoms with Gasteiger partial charge in [0.05, 0.1) is 27.0 Å². The molecule has 2 aromatic carbocycles. The molecule has 0 saturated heterocycles. The monoisotopic (exact) mass is 403 g/mol. The number of ether oxygens (including phenoxy) is 2. The normalized spacial score (nSPS) is 10.8. The first kappa shape index (κ1) is 19.4. The van der Waals surface area contributed by atoms with Gasteiger partial charge in [0.1, 0.15) is 22.7 Å². The fourth-order valence-electron chi connectivity index (χ4n) is 3.15. The summed E-state index contributed by atoms with van der Waals surface area (Å²) in [6, 6.07) is 15.0. The molecule has 0 fully saturated rings. The fourth-order valence-corrected chi connectivity index (χ4v) is 3.15. The highest BCUT2D eigenvalue weighted by Crippen LogP contribution is 2.21. The first-order chi connectivity index (χ1) is 14.6. The highest BCUT2D eigenvalue weighted by atomic mass is 16.5. The highest BCUT2D eigenvalue weighted by Gasteiger charge is 2.12. The van der Waals surface area contributed by atoms with Gasteiger partial charge in [-0.25, -0.2) is 9.97 Å². The van der Waals surface area contributed by atoms with Crippen molar-refractivity contribution in [1.82, 2.24) is 19.5 Å². The molecular formula is C22H21N5O3. The molecule has 2 aromatic heterocycles. The molecular weight excluding hydrogens is 382 g/mol. The van der Waals surface area contributed by atoms with Crippen LogP contribution in [0.4, 0.5) is 11.6 Å². The van der Waals surface area contributed by atoms with Crippen molar-refractivity contribution in [3.63, 3.8) is 0 Å². The Morgan fingerprint density at radius 2 is 1.73 bits per heavy atom. The maximum Gasteiger partial charge on any atom is 0.273 e. The lowest BCUT2D eigenvalue weighted by Gasteiger charge is -2.12. The van der Waals surface area contributed by atoms with Gasteiger partial charge in [-0.1, -0.05) is 18.2 Å². The molecule has 0 spiro atoms. The smallest absolute Gasteiger partial charge is 0.273 e. The molecule has 0 saturated carbocycles. The van der Waals surface area contributed by atoms with Crippen LogP contribution < -0.4 is 20.3 Å². The molecule has 8 heteroatoms. The molecule has 30 heavy (non-hydrogen) atoms. The minimum Gasteiger partial charge on any atom is -0.497 e. The van der Waals surface area contributed by atoms with Gasteiger partial charge >= 0.3 is 0 Å². The third kappa shape index (κ3) is 3.93. The summed E-state index contributed by atoms with van der Waals surface area (Å²) in [4.78, 5) is 26.1. The van der Waals surface area contributed by atoms with E-state index in [0.29, 0.717) is 35.1 Å². The molecule has 0 aliphatic heterocycles. The number of nitrogens with one attached hydrogen (secondary N) is 1. The average Bonchev–Trinajstić information content (AvgIpc) is 2.77. The van der Waals surface area contributed by atoms with Crippen molar-refractivity contribution in [2.45, 2.75) is 13.5 Å². The van der Waals surface area contributed by atoms with Crippen molar-refractivity contribution in [2.24, 2.45) is 0 Å². The van der Waals surface area contributed by atoms with Crippen LogP contribution in [0.5, 0.6) is 11.5 Å². The Bertz CT molecular complexity index is 1270. The third-order valence-corrected chi connectivity index (χ3v) is 4.65. The number of rotatable bonds is 6. The zero-order chi connectivity index (χ0) is 21.1. The summed E-state index contributed by atoms with van der Waals surface area (Å²) in [5.74, 6) is 1.80. The summed E-state index contributed by atoms with van der Waals surface area (Å²) in [6.07, 6.45) is 1.61. The lowest BCUT2D eigenvalue weighted by molar-refractivity contribution is 0.414. The molecule has 0 aliphatic carbocycles. The van der Waals surface area contributed by atoms with Gasteiger partial charge in [-0.05, 0) is 36.8 Å². The van der Waals surface area contributed by atoms with Crippen LogP contribution in [0.25, 0.3) is 11.2 Å². The first-order valence-corrected chi connectivity index (χ1v) is 9.35. The fraction of sp³-hybridized carbons (Fsp3) is 0.182. The molecule has 2 heterocycles. The molecule has 0 amide bonds. The minimum atomic E-state index is -0.198. The van der Waals surface area contributed by atoms with Gasteiger partial charge in [-0.3, -0.25) is 9.36 Å². The molecule has 0 unspecified atom stereocenters. The Balaban J connectivity index is 1.77. The topological polar surface area (TPSA) is 91.2 Å². The maximum atomic E-state index is 12.9. The SMILES string of the molecule is COc1cccc(Cn2c(=O)c(C)nc3cnc(Nc4cccc(OC)c4)nc32)c1. The summed E-state index contributed by atoms with van der Waals surface area (Å²) in [7, 11) is 3.22. The third-order valence-electron chi connectivity index (χ3n) is 4.65. The van der Waals surface area contributed by atoms with Crippen molar-refractivity contribution in [3.8, 4) is 11.5 Å². The van der Waals surface area contributed by atoms with E-state index in [0.717, 1.165) is 17.0 Å². The zero-order valence-corrected chi connectivity index (χ0v) is 16.9. The predicted octanol–water partition coefficient (Wildman–Crippen LogP) is 3.30. The largest absolute Gasteiger partial charge is 0.497 e. The van der Waals surface area contributed by atoms with Crippen LogP contribution in [0.2, 0.25) is 0 Å². The van der Waals surface area contributed by atoms with Gasteiger partial charge in [0, 0.05) is 11.8 Å². The van der Waals surface area contributed by atoms with Crippen LogP contribution in [0.1, 0.15) is 11.3 Å². The van der Waals surface area contributed by atoms with Crippen molar-refractivity contribution in [1.29, 1.82) is 0 Å². The second kappa shape index (κ2) is 8.20. The van der Waals surface area contributed by atoms with Crippen molar-refractivity contribution < 1.29 is 9.47 Å². The number of anilines is 2. The minimum absolute atomic E-state index is 0.198. The standard InChI is InChI=1S/C22H21N5O3/c1-14-21(28)27(13-15-6-4-8-17(10-15)29-2)20-19(24-14)12-23-22(26-20)25-16-7-5-9-18(11-16)30-3/h4-12H,13H2,1-3H3,(H,23,25,26). The Morgan fingerprint density at radius 1 is 1.00 bits per heavy atom. The lowest BCUT2D eigenvalue weighted by atomic mass is 10.2. The summed E-state index contributed by atoms with van der Waals surface area (Å²) >= 11 is 0. The van der Waals surface area contributed by atoms with Gasteiger partial charge in [0.2, 0.25) is 5.95 Å². The van der Waals surface area contributed by atoms with Crippen LogP contribution in [-0.2, 0) is 6.54 Å². The van der Waals surface area contributed by atoms with E-state index in [2.05, 4.69) is 20.3 Å². The summed E-state index contributed by atoms with van der Waals surface area (Å²) < 4.78 is 12.1. The Morgan fingerprint density at radius 3 is 2.50 bits per heavy atom. The molecule has 0 aliphatic rings. The van der Waals surface area contributed by atoms with E-state index >= 15 is 0 Å². The van der Waals surface area contributed by atoms with Crippen LogP contribution >= 0.6 is 0 Å². The molecule has 4 aromatic rings. The number of fused-ring (bicyclic) bond motifs is 1. The Kier molecular flexibility index (Phi) is 5.30. The van der Waals surface area contributed by atoms with Crippen molar-refractivity contribution >= 4 is 22.8 Å². The molecule has 1 N–H and O–H groups in total. The second-order valence-electron chi connectivity index (χ2n) is 6.70. The molecule has 0 atom stereocenters. The molecule has 8 nitrogen and oxygen atoms in total. The number of hydrogen-bond donors (Lipinski definition) is 1. The van der Waals surface area contributed by atoms with Crippen LogP contribution in [0, 0.1) is 6.92 Å². The lowest BCUT2D eigenvalue weighted by Crippen LogP contribution is -2.25. The molecule has 0 bridgehead atoms. The zero-order valence-electron chi connectivity index (χ0n) is 16.9. The van der Waals surface area contributed by atoms with Gasteiger partial charge in [0.25, 0.3) is 5.56 Å². The first-order valence-electron chi connectivity index (χ1n) is 9.35. The van der Waals surface area contributed by atoms with E-state index < -0.39 is 0 Å². The summed E-state index contributed by atoms with van der Waals surface area (Å²) in [5.41, 5.74) is 2.89. The van der Waals surface area contributed by atoms with Gasteiger partial charge < -0.3 is 14.8 Å². The van der Waals surface area contributed by atoms with E-state index in [1.807, 2.05) is 48.5 Å². The number of nitrogens with zero attached hydrogens (tertiary/aromatic N) is 4. The maximum absolute atomic E-state index is 12.9. The average molecular weight is 403 g/mol. The van der Waals surface area contributed by atoms with Crippen molar-refractivity contribution in [2.75, 3.05) is 19.5 Å². The summed E-state index contributed by atoms with van der Waals surface area (Å²) in [6.45, 7) is 2.03. The number of methoxy groups -OCH3 is 2. The van der Waals surface area contributed by atoms with Gasteiger partial charge in [-0.15, -0.1) is 0 Å². The number of aryl methyl sites for hydroxylation is 1. The molecule has 0 radical (unpaired) electrons. The van der Waals surface area contributed by atoms with E-state index in [9.17, 15) is 4.79 Å². The van der Waals surface area contributed by atoms with Crippen LogP contribution in [0.15, 0.2) is 59.5 Å². The van der Waals surface area contributed by atoms with Crippen LogP contribution in [-0.4, -0.2) is 33.7 Å². The van der Waals surface area contributed by atoms with Crippen molar-refractivity contribution in [3.05, 3.63) is 76.3 Å². The highest BCUT2D eigenvalue weighted by molar-refractivity contribution is 5.71.